The molecule has 1 unspecified atom stereocenters. The number of nitro groups is 1. The van der Waals surface area contributed by atoms with Crippen LogP contribution in [0.1, 0.15) is 0 Å². The Hall–Kier alpha value is -1.83. The molecule has 0 spiro atoms. The zero-order valence-corrected chi connectivity index (χ0v) is 16.5. The molecule has 1 aromatic carbocycles. The number of nitrogens with zero attached hydrogens (tertiary/aromatic N) is 2. The number of ether oxygens (including phenoxy) is 3. The van der Waals surface area contributed by atoms with Gasteiger partial charge in [-0.05, 0) is 12.1 Å². The Labute approximate surface area is 163 Å². The SMILES string of the molecule is COCCOCCN1CCOC(CNc2ccc(S(N)(=O)=O)cc2[N+](=O)[O-])C1. The number of hydrogen-bond donors (Lipinski definition) is 2. The molecule has 1 atom stereocenters. The predicted octanol–water partition coefficient (Wildman–Crippen LogP) is 0.0179. The van der Waals surface area contributed by atoms with Crippen molar-refractivity contribution in [2.45, 2.75) is 11.0 Å². The van der Waals surface area contributed by atoms with E-state index in [0.29, 0.717) is 39.5 Å². The summed E-state index contributed by atoms with van der Waals surface area (Å²) in [6.07, 6.45) is -0.162. The Bertz CT molecular complexity index is 759. The number of primary sulfonamides is 1. The summed E-state index contributed by atoms with van der Waals surface area (Å²) in [6.45, 7) is 4.78. The van der Waals surface area contributed by atoms with E-state index in [1.54, 1.807) is 7.11 Å². The molecule has 1 aliphatic rings. The maximum absolute atomic E-state index is 11.4. The number of nitro benzene ring substituents is 1. The second-order valence-electron chi connectivity index (χ2n) is 6.26. The normalized spacial score (nSPS) is 18.1. The van der Waals surface area contributed by atoms with Gasteiger partial charge in [-0.15, -0.1) is 0 Å². The first-order valence-electron chi connectivity index (χ1n) is 8.77. The molecule has 1 fully saturated rings. The van der Waals surface area contributed by atoms with E-state index < -0.39 is 14.9 Å². The number of benzene rings is 1. The molecule has 158 valence electrons. The van der Waals surface area contributed by atoms with Crippen LogP contribution >= 0.6 is 0 Å². The first-order valence-corrected chi connectivity index (χ1v) is 10.3. The van der Waals surface area contributed by atoms with Gasteiger partial charge in [0, 0.05) is 39.4 Å². The van der Waals surface area contributed by atoms with Crippen molar-refractivity contribution in [2.75, 3.05) is 65.0 Å². The average Bonchev–Trinajstić information content (AvgIpc) is 2.65. The largest absolute Gasteiger partial charge is 0.382 e. The Morgan fingerprint density at radius 3 is 2.86 bits per heavy atom. The molecule has 1 saturated heterocycles. The van der Waals surface area contributed by atoms with Gasteiger partial charge in [0.2, 0.25) is 10.0 Å². The van der Waals surface area contributed by atoms with Crippen LogP contribution in [0.2, 0.25) is 0 Å². The lowest BCUT2D eigenvalue weighted by atomic mass is 10.2. The molecule has 0 aliphatic carbocycles. The summed E-state index contributed by atoms with van der Waals surface area (Å²) in [5.41, 5.74) is -0.147. The quantitative estimate of drug-likeness (QED) is 0.288. The molecule has 0 radical (unpaired) electrons. The second-order valence-corrected chi connectivity index (χ2v) is 7.82. The highest BCUT2D eigenvalue weighted by atomic mass is 32.2. The third-order valence-corrected chi connectivity index (χ3v) is 5.13. The molecule has 28 heavy (non-hydrogen) atoms. The fraction of sp³-hybridized carbons (Fsp3) is 0.625. The van der Waals surface area contributed by atoms with E-state index in [2.05, 4.69) is 10.2 Å². The minimum absolute atomic E-state index is 0.162. The fourth-order valence-corrected chi connectivity index (χ4v) is 3.29. The lowest BCUT2D eigenvalue weighted by molar-refractivity contribution is -0.384. The predicted molar refractivity (Wildman–Crippen MR) is 102 cm³/mol. The summed E-state index contributed by atoms with van der Waals surface area (Å²) in [6, 6.07) is 3.52. The molecular weight excluding hydrogens is 392 g/mol. The first-order chi connectivity index (χ1) is 13.3. The molecular formula is C16H26N4O7S. The Kier molecular flexibility index (Phi) is 8.54. The van der Waals surface area contributed by atoms with Gasteiger partial charge in [-0.2, -0.15) is 0 Å². The molecule has 1 heterocycles. The highest BCUT2D eigenvalue weighted by Crippen LogP contribution is 2.27. The van der Waals surface area contributed by atoms with Crippen LogP contribution < -0.4 is 10.5 Å². The molecule has 0 amide bonds. The molecule has 1 aliphatic heterocycles. The van der Waals surface area contributed by atoms with Gasteiger partial charge < -0.3 is 19.5 Å². The fourth-order valence-electron chi connectivity index (χ4n) is 2.76. The highest BCUT2D eigenvalue weighted by molar-refractivity contribution is 7.89. The van der Waals surface area contributed by atoms with Crippen molar-refractivity contribution in [1.29, 1.82) is 0 Å². The van der Waals surface area contributed by atoms with Crippen LogP contribution in [0.25, 0.3) is 0 Å². The third-order valence-electron chi connectivity index (χ3n) is 4.22. The van der Waals surface area contributed by atoms with Gasteiger partial charge in [-0.25, -0.2) is 13.6 Å². The van der Waals surface area contributed by atoms with Gasteiger partial charge >= 0.3 is 0 Å². The van der Waals surface area contributed by atoms with E-state index in [4.69, 9.17) is 19.3 Å². The summed E-state index contributed by atoms with van der Waals surface area (Å²) in [4.78, 5) is 12.5. The molecule has 0 saturated carbocycles. The minimum atomic E-state index is -4.02. The van der Waals surface area contributed by atoms with Crippen LogP contribution in [0.5, 0.6) is 0 Å². The van der Waals surface area contributed by atoms with Gasteiger partial charge in [0.15, 0.2) is 0 Å². The van der Waals surface area contributed by atoms with Crippen molar-refractivity contribution in [3.63, 3.8) is 0 Å². The van der Waals surface area contributed by atoms with Crippen LogP contribution in [0.3, 0.4) is 0 Å². The van der Waals surface area contributed by atoms with Crippen molar-refractivity contribution in [3.8, 4) is 0 Å². The maximum Gasteiger partial charge on any atom is 0.293 e. The number of methoxy groups -OCH3 is 1. The van der Waals surface area contributed by atoms with Crippen molar-refractivity contribution in [2.24, 2.45) is 5.14 Å². The van der Waals surface area contributed by atoms with Crippen molar-refractivity contribution < 1.29 is 27.6 Å². The summed E-state index contributed by atoms with van der Waals surface area (Å²) in [7, 11) is -2.40. The van der Waals surface area contributed by atoms with Gasteiger partial charge in [-0.3, -0.25) is 15.0 Å². The monoisotopic (exact) mass is 418 g/mol. The van der Waals surface area contributed by atoms with E-state index in [1.165, 1.54) is 12.1 Å². The number of rotatable bonds is 11. The molecule has 0 aromatic heterocycles. The molecule has 3 N–H and O–H groups in total. The molecule has 0 bridgehead atoms. The highest BCUT2D eigenvalue weighted by Gasteiger charge is 2.23. The second kappa shape index (κ2) is 10.6. The Morgan fingerprint density at radius 1 is 1.39 bits per heavy atom. The summed E-state index contributed by atoms with van der Waals surface area (Å²) in [5.74, 6) is 0. The first kappa shape index (κ1) is 22.5. The zero-order chi connectivity index (χ0) is 20.6. The molecule has 11 nitrogen and oxygen atoms in total. The van der Waals surface area contributed by atoms with Crippen LogP contribution in [-0.4, -0.2) is 84.1 Å². The van der Waals surface area contributed by atoms with E-state index in [1.807, 2.05) is 0 Å². The molecule has 12 heteroatoms. The minimum Gasteiger partial charge on any atom is -0.382 e. The van der Waals surface area contributed by atoms with E-state index in [-0.39, 0.29) is 22.4 Å². The van der Waals surface area contributed by atoms with Gasteiger partial charge in [-0.1, -0.05) is 0 Å². The standard InChI is InChI=1S/C16H26N4O7S/c1-25-8-9-26-6-4-19-5-7-27-13(12-19)11-18-15-3-2-14(28(17,23)24)10-16(15)20(21)22/h2-3,10,13,18H,4-9,11-12H2,1H3,(H2,17,23,24). The van der Waals surface area contributed by atoms with Crippen molar-refractivity contribution >= 4 is 21.4 Å². The van der Waals surface area contributed by atoms with Crippen molar-refractivity contribution in [3.05, 3.63) is 28.3 Å². The third kappa shape index (κ3) is 6.96. The Balaban J connectivity index is 1.89. The van der Waals surface area contributed by atoms with Crippen molar-refractivity contribution in [1.82, 2.24) is 4.90 Å². The van der Waals surface area contributed by atoms with E-state index >= 15 is 0 Å². The number of hydrogen-bond acceptors (Lipinski definition) is 9. The van der Waals surface area contributed by atoms with Crippen LogP contribution in [-0.2, 0) is 24.2 Å². The average molecular weight is 418 g/mol. The van der Waals surface area contributed by atoms with Crippen LogP contribution in [0, 0.1) is 10.1 Å². The lowest BCUT2D eigenvalue weighted by Crippen LogP contribution is -2.46. The maximum atomic E-state index is 11.4. The van der Waals surface area contributed by atoms with E-state index in [9.17, 15) is 18.5 Å². The summed E-state index contributed by atoms with van der Waals surface area (Å²) in [5, 5.41) is 19.3. The lowest BCUT2D eigenvalue weighted by Gasteiger charge is -2.33. The van der Waals surface area contributed by atoms with Gasteiger partial charge in [0.1, 0.15) is 5.69 Å². The zero-order valence-electron chi connectivity index (χ0n) is 15.7. The van der Waals surface area contributed by atoms with Crippen LogP contribution in [0.4, 0.5) is 11.4 Å². The smallest absolute Gasteiger partial charge is 0.293 e. The number of nitrogens with one attached hydrogen (secondary N) is 1. The topological polar surface area (TPSA) is 146 Å². The van der Waals surface area contributed by atoms with Gasteiger partial charge in [0.25, 0.3) is 5.69 Å². The number of morpholine rings is 1. The van der Waals surface area contributed by atoms with E-state index in [0.717, 1.165) is 19.2 Å². The number of nitrogens with two attached hydrogens (primary N) is 1. The van der Waals surface area contributed by atoms with Crippen LogP contribution in [0.15, 0.2) is 23.1 Å². The summed E-state index contributed by atoms with van der Waals surface area (Å²) < 4.78 is 38.9. The number of sulfonamides is 1. The molecule has 1 aromatic rings. The number of anilines is 1. The molecule has 2 rings (SSSR count). The summed E-state index contributed by atoms with van der Waals surface area (Å²) >= 11 is 0. The Morgan fingerprint density at radius 2 is 2.18 bits per heavy atom. The van der Waals surface area contributed by atoms with Gasteiger partial charge in [0.05, 0.1) is 42.4 Å².